The second-order valence-electron chi connectivity index (χ2n) is 5.48. The van der Waals surface area contributed by atoms with Gasteiger partial charge in [-0.1, -0.05) is 33.6 Å². The van der Waals surface area contributed by atoms with Gasteiger partial charge in [-0.15, -0.1) is 0 Å². The minimum absolute atomic E-state index is 0.127. The standard InChI is InChI=1S/C15H27N3O2/c1-5-8-15(20,9-6-2)10-13(19)16-14-11(4)12(7-3)17-18-14/h20H,5-10H2,1-4H3,(H2,16,17,18,19). The van der Waals surface area contributed by atoms with Crippen LogP contribution >= 0.6 is 0 Å². The average molecular weight is 281 g/mol. The molecule has 5 nitrogen and oxygen atoms in total. The largest absolute Gasteiger partial charge is 0.389 e. The lowest BCUT2D eigenvalue weighted by molar-refractivity contribution is -0.121. The Hall–Kier alpha value is -1.36. The topological polar surface area (TPSA) is 78.0 Å². The van der Waals surface area contributed by atoms with E-state index in [-0.39, 0.29) is 12.3 Å². The smallest absolute Gasteiger partial charge is 0.228 e. The zero-order valence-electron chi connectivity index (χ0n) is 13.0. The molecule has 5 heteroatoms. The Kier molecular flexibility index (Phi) is 6.20. The lowest BCUT2D eigenvalue weighted by atomic mass is 9.89. The van der Waals surface area contributed by atoms with E-state index < -0.39 is 5.60 Å². The van der Waals surface area contributed by atoms with Crippen LogP contribution in [0, 0.1) is 6.92 Å². The number of aromatic nitrogens is 2. The van der Waals surface area contributed by atoms with E-state index in [2.05, 4.69) is 15.5 Å². The number of aliphatic hydroxyl groups is 1. The van der Waals surface area contributed by atoms with Gasteiger partial charge < -0.3 is 10.4 Å². The number of aryl methyl sites for hydroxylation is 1. The number of rotatable bonds is 8. The number of carbonyl (C=O) groups is 1. The Morgan fingerprint density at radius 1 is 1.30 bits per heavy atom. The first-order valence-corrected chi connectivity index (χ1v) is 7.51. The molecule has 0 aliphatic carbocycles. The second kappa shape index (κ2) is 7.43. The van der Waals surface area contributed by atoms with Gasteiger partial charge in [0, 0.05) is 11.3 Å². The number of H-pyrrole nitrogens is 1. The molecule has 0 saturated heterocycles. The molecule has 1 aromatic heterocycles. The van der Waals surface area contributed by atoms with Gasteiger partial charge in [0.05, 0.1) is 12.0 Å². The molecule has 1 heterocycles. The third-order valence-electron chi connectivity index (χ3n) is 3.64. The Morgan fingerprint density at radius 2 is 1.90 bits per heavy atom. The summed E-state index contributed by atoms with van der Waals surface area (Å²) in [5, 5.41) is 20.3. The van der Waals surface area contributed by atoms with Crippen LogP contribution in [-0.2, 0) is 11.2 Å². The Morgan fingerprint density at radius 3 is 2.35 bits per heavy atom. The number of nitrogens with zero attached hydrogens (tertiary/aromatic N) is 1. The minimum Gasteiger partial charge on any atom is -0.389 e. The van der Waals surface area contributed by atoms with E-state index in [4.69, 9.17) is 0 Å². The van der Waals surface area contributed by atoms with Gasteiger partial charge in [0.2, 0.25) is 5.91 Å². The molecule has 20 heavy (non-hydrogen) atoms. The molecular formula is C15H27N3O2. The summed E-state index contributed by atoms with van der Waals surface area (Å²) in [6.07, 6.45) is 4.01. The van der Waals surface area contributed by atoms with Crippen molar-refractivity contribution in [3.05, 3.63) is 11.3 Å². The lowest BCUT2D eigenvalue weighted by Crippen LogP contribution is -2.34. The zero-order chi connectivity index (χ0) is 15.2. The van der Waals surface area contributed by atoms with Gasteiger partial charge in [0.15, 0.2) is 5.82 Å². The van der Waals surface area contributed by atoms with Crippen molar-refractivity contribution in [3.8, 4) is 0 Å². The highest BCUT2D eigenvalue weighted by atomic mass is 16.3. The van der Waals surface area contributed by atoms with Gasteiger partial charge in [0.1, 0.15) is 0 Å². The molecule has 1 amide bonds. The van der Waals surface area contributed by atoms with Crippen LogP contribution in [0.2, 0.25) is 0 Å². The van der Waals surface area contributed by atoms with E-state index in [0.717, 1.165) is 30.5 Å². The molecule has 0 unspecified atom stereocenters. The van der Waals surface area contributed by atoms with Crippen LogP contribution in [0.4, 0.5) is 5.82 Å². The molecule has 0 spiro atoms. The Balaban J connectivity index is 2.68. The SMILES string of the molecule is CCCC(O)(CCC)CC(=O)Nc1n[nH]c(CC)c1C. The zero-order valence-corrected chi connectivity index (χ0v) is 13.0. The van der Waals surface area contributed by atoms with Gasteiger partial charge in [-0.05, 0) is 26.2 Å². The van der Waals surface area contributed by atoms with Crippen molar-refractivity contribution in [1.82, 2.24) is 10.2 Å². The molecule has 0 saturated carbocycles. The van der Waals surface area contributed by atoms with Crippen molar-refractivity contribution in [3.63, 3.8) is 0 Å². The number of aromatic amines is 1. The van der Waals surface area contributed by atoms with Crippen LogP contribution in [0.1, 0.15) is 64.1 Å². The quantitative estimate of drug-likeness (QED) is 0.685. The first-order valence-electron chi connectivity index (χ1n) is 7.51. The summed E-state index contributed by atoms with van der Waals surface area (Å²) in [6, 6.07) is 0. The molecule has 0 radical (unpaired) electrons. The normalized spacial score (nSPS) is 11.7. The molecule has 0 bridgehead atoms. The van der Waals surface area contributed by atoms with Crippen molar-refractivity contribution >= 4 is 11.7 Å². The third-order valence-corrected chi connectivity index (χ3v) is 3.64. The fourth-order valence-corrected chi connectivity index (χ4v) is 2.61. The monoisotopic (exact) mass is 281 g/mol. The van der Waals surface area contributed by atoms with E-state index in [1.165, 1.54) is 0 Å². The van der Waals surface area contributed by atoms with Crippen LogP contribution < -0.4 is 5.32 Å². The lowest BCUT2D eigenvalue weighted by Gasteiger charge is -2.26. The van der Waals surface area contributed by atoms with Gasteiger partial charge >= 0.3 is 0 Å². The number of anilines is 1. The summed E-state index contributed by atoms with van der Waals surface area (Å²) >= 11 is 0. The number of amides is 1. The highest BCUT2D eigenvalue weighted by Gasteiger charge is 2.28. The van der Waals surface area contributed by atoms with E-state index in [0.29, 0.717) is 18.7 Å². The number of hydrogen-bond acceptors (Lipinski definition) is 3. The maximum Gasteiger partial charge on any atom is 0.228 e. The van der Waals surface area contributed by atoms with Crippen LogP contribution in [0.15, 0.2) is 0 Å². The molecule has 1 rings (SSSR count). The molecule has 0 fully saturated rings. The fraction of sp³-hybridized carbons (Fsp3) is 0.733. The number of nitrogens with one attached hydrogen (secondary N) is 2. The van der Waals surface area contributed by atoms with Crippen LogP contribution in [0.3, 0.4) is 0 Å². The predicted molar refractivity (Wildman–Crippen MR) is 80.7 cm³/mol. The molecular weight excluding hydrogens is 254 g/mol. The predicted octanol–water partition coefficient (Wildman–Crippen LogP) is 2.94. The summed E-state index contributed by atoms with van der Waals surface area (Å²) in [5.41, 5.74) is 1.10. The maximum absolute atomic E-state index is 12.1. The molecule has 1 aromatic rings. The summed E-state index contributed by atoms with van der Waals surface area (Å²) in [7, 11) is 0. The van der Waals surface area contributed by atoms with E-state index in [9.17, 15) is 9.90 Å². The minimum atomic E-state index is -0.897. The molecule has 0 aliphatic rings. The Labute approximate surface area is 121 Å². The molecule has 3 N–H and O–H groups in total. The van der Waals surface area contributed by atoms with Crippen molar-refractivity contribution in [2.45, 2.75) is 71.8 Å². The summed E-state index contributed by atoms with van der Waals surface area (Å²) < 4.78 is 0. The van der Waals surface area contributed by atoms with Crippen LogP contribution in [0.5, 0.6) is 0 Å². The first kappa shape index (κ1) is 16.7. The van der Waals surface area contributed by atoms with Gasteiger partial charge in [-0.3, -0.25) is 9.89 Å². The molecule has 0 aromatic carbocycles. The molecule has 0 atom stereocenters. The van der Waals surface area contributed by atoms with E-state index >= 15 is 0 Å². The van der Waals surface area contributed by atoms with Crippen molar-refractivity contribution in [2.75, 3.05) is 5.32 Å². The van der Waals surface area contributed by atoms with Crippen LogP contribution in [0.25, 0.3) is 0 Å². The van der Waals surface area contributed by atoms with Gasteiger partial charge in [-0.2, -0.15) is 5.10 Å². The highest BCUT2D eigenvalue weighted by molar-refractivity contribution is 5.91. The van der Waals surface area contributed by atoms with Gasteiger partial charge in [0.25, 0.3) is 0 Å². The van der Waals surface area contributed by atoms with Gasteiger partial charge in [-0.25, -0.2) is 0 Å². The molecule has 0 aliphatic heterocycles. The summed E-state index contributed by atoms with van der Waals surface area (Å²) in [5.74, 6) is 0.397. The Bertz CT molecular complexity index is 434. The second-order valence-corrected chi connectivity index (χ2v) is 5.48. The van der Waals surface area contributed by atoms with Crippen molar-refractivity contribution in [1.29, 1.82) is 0 Å². The number of hydrogen-bond donors (Lipinski definition) is 3. The molecule has 114 valence electrons. The van der Waals surface area contributed by atoms with Crippen LogP contribution in [-0.4, -0.2) is 26.8 Å². The fourth-order valence-electron chi connectivity index (χ4n) is 2.61. The van der Waals surface area contributed by atoms with E-state index in [1.54, 1.807) is 0 Å². The van der Waals surface area contributed by atoms with Crippen molar-refractivity contribution in [2.24, 2.45) is 0 Å². The summed E-state index contributed by atoms with van der Waals surface area (Å²) in [4.78, 5) is 12.1. The van der Waals surface area contributed by atoms with Crippen molar-refractivity contribution < 1.29 is 9.90 Å². The highest BCUT2D eigenvalue weighted by Crippen LogP contribution is 2.24. The third kappa shape index (κ3) is 4.34. The number of carbonyl (C=O) groups excluding carboxylic acids is 1. The maximum atomic E-state index is 12.1. The first-order chi connectivity index (χ1) is 9.45. The van der Waals surface area contributed by atoms with E-state index in [1.807, 2.05) is 27.7 Å². The summed E-state index contributed by atoms with van der Waals surface area (Å²) in [6.45, 7) is 8.00. The average Bonchev–Trinajstić information content (AvgIpc) is 2.70.